The summed E-state index contributed by atoms with van der Waals surface area (Å²) in [6.07, 6.45) is -0.411. The van der Waals surface area contributed by atoms with Gasteiger partial charge in [-0.2, -0.15) is 0 Å². The van der Waals surface area contributed by atoms with E-state index in [0.29, 0.717) is 77.4 Å². The number of fused-ring (bicyclic) bond motifs is 4. The van der Waals surface area contributed by atoms with Crippen LogP contribution in [0.25, 0.3) is 21.9 Å². The number of amides is 2. The summed E-state index contributed by atoms with van der Waals surface area (Å²) in [5.74, 6) is 0.938. The maximum absolute atomic E-state index is 13.7. The summed E-state index contributed by atoms with van der Waals surface area (Å²) in [6.45, 7) is 8.38. The molecule has 2 aliphatic carbocycles. The molecule has 89 heavy (non-hydrogen) atoms. The lowest BCUT2D eigenvalue weighted by Crippen LogP contribution is -2.57. The van der Waals surface area contributed by atoms with E-state index in [9.17, 15) is 39.6 Å². The second kappa shape index (κ2) is 30.9. The molecule has 2 saturated heterocycles. The first kappa shape index (κ1) is 64.6. The molecular formula is C72H83ClN6O10. The first-order valence-electron chi connectivity index (χ1n) is 31.2. The van der Waals surface area contributed by atoms with Crippen LogP contribution in [0.4, 0.5) is 0 Å². The summed E-state index contributed by atoms with van der Waals surface area (Å²) >= 11 is 5.60. The van der Waals surface area contributed by atoms with Crippen molar-refractivity contribution in [2.45, 2.75) is 113 Å². The Bertz CT molecular complexity index is 3550. The Labute approximate surface area is 525 Å². The smallest absolute Gasteiger partial charge is 0.224 e. The molecule has 468 valence electrons. The Morgan fingerprint density at radius 1 is 0.573 bits per heavy atom. The zero-order valence-electron chi connectivity index (χ0n) is 50.7. The summed E-state index contributed by atoms with van der Waals surface area (Å²) in [5, 5.41) is 55.2. The van der Waals surface area contributed by atoms with Crippen molar-refractivity contribution >= 4 is 56.9 Å². The SMILES string of the molecule is CC(=O)C1CN(Cc2cc3ccccc3o2)CCN1CC(O)CC(Cc1ccccc1)C(=O)NC1c2ccccc2CC1O.CC(=O)C1CNCCN1CC(O)CC(Cc1ccccc1)C(=O)NC1c2ccccc2CC1O.ClCc1cc2ccccc2o1. The number of rotatable bonds is 21. The molecule has 16 nitrogen and oxygen atoms in total. The van der Waals surface area contributed by atoms with Gasteiger partial charge in [0.25, 0.3) is 0 Å². The fraction of sp³-hybridized carbons (Fsp3) is 0.389. The van der Waals surface area contributed by atoms with E-state index in [2.05, 4.69) is 31.8 Å². The van der Waals surface area contributed by atoms with Crippen LogP contribution in [0.3, 0.4) is 0 Å². The number of carbonyl (C=O) groups is 4. The molecule has 2 amide bonds. The number of nitrogens with one attached hydrogen (secondary N) is 3. The number of benzene rings is 6. The third-order valence-corrected chi connectivity index (χ3v) is 18.0. The number of β-amino-alcohol motifs (C(OH)–C–C–N with tert-alkyl or cyclic N) is 2. The number of alkyl halides is 1. The molecule has 2 fully saturated rings. The Morgan fingerprint density at radius 3 is 1.52 bits per heavy atom. The van der Waals surface area contributed by atoms with Crippen LogP contribution in [-0.2, 0) is 57.3 Å². The molecule has 4 aliphatic rings. The summed E-state index contributed by atoms with van der Waals surface area (Å²) in [6, 6.07) is 53.4. The van der Waals surface area contributed by atoms with Gasteiger partial charge in [-0.15, -0.1) is 11.6 Å². The molecule has 8 aromatic rings. The first-order chi connectivity index (χ1) is 43.2. The molecule has 2 aliphatic heterocycles. The summed E-state index contributed by atoms with van der Waals surface area (Å²) in [7, 11) is 0. The summed E-state index contributed by atoms with van der Waals surface area (Å²) in [4.78, 5) is 58.3. The van der Waals surface area contributed by atoms with E-state index in [1.807, 2.05) is 169 Å². The highest BCUT2D eigenvalue weighted by molar-refractivity contribution is 6.17. The molecule has 0 spiro atoms. The van der Waals surface area contributed by atoms with Crippen LogP contribution in [0, 0.1) is 11.8 Å². The predicted octanol–water partition coefficient (Wildman–Crippen LogP) is 8.30. The summed E-state index contributed by atoms with van der Waals surface area (Å²) < 4.78 is 11.4. The lowest BCUT2D eigenvalue weighted by Gasteiger charge is -2.41. The van der Waals surface area contributed by atoms with Crippen molar-refractivity contribution in [2.75, 3.05) is 52.4 Å². The lowest BCUT2D eigenvalue weighted by atomic mass is 9.91. The van der Waals surface area contributed by atoms with Crippen molar-refractivity contribution in [1.29, 1.82) is 0 Å². The van der Waals surface area contributed by atoms with E-state index in [0.717, 1.165) is 79.9 Å². The van der Waals surface area contributed by atoms with E-state index >= 15 is 0 Å². The Kier molecular flexibility index (Phi) is 22.4. The van der Waals surface area contributed by atoms with Crippen LogP contribution in [-0.4, -0.2) is 147 Å². The van der Waals surface area contributed by atoms with Crippen LogP contribution >= 0.6 is 11.6 Å². The number of halogens is 1. The number of ketones is 2. The number of furan rings is 2. The number of hydrogen-bond acceptors (Lipinski definition) is 14. The fourth-order valence-electron chi connectivity index (χ4n) is 13.2. The fourth-order valence-corrected chi connectivity index (χ4v) is 13.3. The number of piperazine rings is 2. The molecule has 0 saturated carbocycles. The minimum Gasteiger partial charge on any atom is -0.460 e. The molecule has 0 radical (unpaired) electrons. The second-order valence-corrected chi connectivity index (χ2v) is 24.5. The third kappa shape index (κ3) is 17.1. The largest absolute Gasteiger partial charge is 0.460 e. The average molecular weight is 1230 g/mol. The van der Waals surface area contributed by atoms with E-state index in [-0.39, 0.29) is 48.3 Å². The van der Waals surface area contributed by atoms with Gasteiger partial charge in [-0.1, -0.05) is 146 Å². The maximum atomic E-state index is 13.7. The van der Waals surface area contributed by atoms with Gasteiger partial charge in [0.05, 0.1) is 61.0 Å². The highest BCUT2D eigenvalue weighted by Crippen LogP contribution is 2.34. The number of aliphatic hydroxyl groups excluding tert-OH is 4. The van der Waals surface area contributed by atoms with E-state index in [1.165, 1.54) is 0 Å². The summed E-state index contributed by atoms with van der Waals surface area (Å²) in [5.41, 5.74) is 7.77. The van der Waals surface area contributed by atoms with Crippen molar-refractivity contribution < 1.29 is 48.4 Å². The molecule has 10 unspecified atom stereocenters. The number of hydrogen-bond donors (Lipinski definition) is 7. The second-order valence-electron chi connectivity index (χ2n) is 24.3. The van der Waals surface area contributed by atoms with Crippen LogP contribution < -0.4 is 16.0 Å². The van der Waals surface area contributed by atoms with Gasteiger partial charge < -0.3 is 45.2 Å². The molecule has 7 N–H and O–H groups in total. The molecule has 17 heteroatoms. The number of Topliss-reactive ketones (excluding diaryl/α,β-unsaturated/α-hetero) is 2. The van der Waals surface area contributed by atoms with E-state index in [1.54, 1.807) is 13.8 Å². The molecule has 2 aromatic heterocycles. The molecular weight excluding hydrogens is 1140 g/mol. The van der Waals surface area contributed by atoms with Crippen molar-refractivity contribution in [2.24, 2.45) is 11.8 Å². The van der Waals surface area contributed by atoms with Gasteiger partial charge in [-0.3, -0.25) is 33.9 Å². The maximum Gasteiger partial charge on any atom is 0.224 e. The van der Waals surface area contributed by atoms with Crippen LogP contribution in [0.5, 0.6) is 0 Å². The van der Waals surface area contributed by atoms with Crippen LogP contribution in [0.2, 0.25) is 0 Å². The number of aliphatic hydroxyl groups is 4. The monoisotopic (exact) mass is 1230 g/mol. The number of para-hydroxylation sites is 2. The zero-order valence-corrected chi connectivity index (χ0v) is 51.5. The minimum absolute atomic E-state index is 0.0546. The van der Waals surface area contributed by atoms with Crippen molar-refractivity contribution in [3.63, 3.8) is 0 Å². The number of carbonyl (C=O) groups excluding carboxylic acids is 4. The Morgan fingerprint density at radius 2 is 1.02 bits per heavy atom. The molecule has 10 atom stereocenters. The molecule has 6 aromatic carbocycles. The van der Waals surface area contributed by atoms with Crippen molar-refractivity contribution in [3.8, 4) is 0 Å². The van der Waals surface area contributed by atoms with Crippen molar-refractivity contribution in [3.05, 3.63) is 215 Å². The van der Waals surface area contributed by atoms with E-state index < -0.39 is 48.3 Å². The molecule has 12 rings (SSSR count). The Hall–Kier alpha value is -7.35. The lowest BCUT2D eigenvalue weighted by molar-refractivity contribution is -0.129. The first-order valence-corrected chi connectivity index (χ1v) is 31.7. The van der Waals surface area contributed by atoms with E-state index in [4.69, 9.17) is 20.4 Å². The normalized spacial score (nSPS) is 21.5. The highest BCUT2D eigenvalue weighted by Gasteiger charge is 2.38. The van der Waals surface area contributed by atoms with Gasteiger partial charge in [-0.05, 0) is 97.2 Å². The van der Waals surface area contributed by atoms with Gasteiger partial charge in [0.15, 0.2) is 0 Å². The van der Waals surface area contributed by atoms with Crippen LogP contribution in [0.15, 0.2) is 179 Å². The predicted molar refractivity (Wildman–Crippen MR) is 345 cm³/mol. The topological polar surface area (TPSA) is 221 Å². The zero-order chi connectivity index (χ0) is 62.4. The quantitative estimate of drug-likeness (QED) is 0.0337. The molecule has 4 heterocycles. The molecule has 0 bridgehead atoms. The Balaban J connectivity index is 0.000000171. The van der Waals surface area contributed by atoms with Gasteiger partial charge in [-0.25, -0.2) is 0 Å². The van der Waals surface area contributed by atoms with Gasteiger partial charge in [0.1, 0.15) is 34.3 Å². The highest BCUT2D eigenvalue weighted by atomic mass is 35.5. The average Bonchev–Trinajstić information content (AvgIpc) is 2.51. The number of nitrogens with zero attached hydrogens (tertiary/aromatic N) is 3. The standard InChI is InChI=1S/C36H41N3O5.C27H35N3O4.C9H7ClO/c1-24(40)32-23-38(22-30-19-27-12-6-8-14-34(27)44-30)15-16-39(32)21-29(41)18-28(17-25-9-3-2-4-10-25)36(43)37-35-31-13-7-5-11-26(31)20-33(35)42;1-18(31)24-16-28-11-12-30(24)17-22(32)14-21(13-19-7-3-2-4-8-19)27(34)29-26-23-10-6-5-9-20(23)15-25(26)33;10-6-8-5-7-3-1-2-4-9(7)11-8/h2-14,19,28-29,32-33,35,41-42H,15-18,20-23H2,1H3,(H,37,43);2-10,21-22,24-26,28,32-33H,11-17H2,1H3,(H,29,34);1-5H,6H2. The van der Waals surface area contributed by atoms with Gasteiger partial charge in [0.2, 0.25) is 11.8 Å². The van der Waals surface area contributed by atoms with Crippen LogP contribution in [0.1, 0.15) is 83.7 Å². The minimum atomic E-state index is -0.806. The van der Waals surface area contributed by atoms with Crippen molar-refractivity contribution in [1.82, 2.24) is 30.7 Å². The van der Waals surface area contributed by atoms with Gasteiger partial charge >= 0.3 is 0 Å². The third-order valence-electron chi connectivity index (χ3n) is 17.7. The van der Waals surface area contributed by atoms with Gasteiger partial charge in [0, 0.05) is 87.8 Å².